The number of halogens is 1. The molecule has 1 aromatic heterocycles. The van der Waals surface area contributed by atoms with Gasteiger partial charge in [-0.25, -0.2) is 4.98 Å². The fraction of sp³-hybridized carbons (Fsp3) is 0.471. The summed E-state index contributed by atoms with van der Waals surface area (Å²) in [6.07, 6.45) is 12.0. The van der Waals surface area contributed by atoms with Crippen LogP contribution >= 0.6 is 12.4 Å². The molecule has 1 atom stereocenters. The predicted octanol–water partition coefficient (Wildman–Crippen LogP) is 4.09. The number of imidazole rings is 1. The molecule has 0 aliphatic heterocycles. The van der Waals surface area contributed by atoms with Crippen LogP contribution in [0, 0.1) is 0 Å². The molecular weight excluding hydrogens is 284 g/mol. The summed E-state index contributed by atoms with van der Waals surface area (Å²) < 4.78 is 1.73. The monoisotopic (exact) mass is 306 g/mol. The molecule has 1 saturated carbocycles. The minimum absolute atomic E-state index is 0. The summed E-state index contributed by atoms with van der Waals surface area (Å²) in [7, 11) is 0. The van der Waals surface area contributed by atoms with Crippen molar-refractivity contribution in [2.45, 2.75) is 50.7 Å². The average molecular weight is 307 g/mol. The summed E-state index contributed by atoms with van der Waals surface area (Å²) in [4.78, 5) is 3.96. The summed E-state index contributed by atoms with van der Waals surface area (Å²) >= 11 is 0. The smallest absolute Gasteiger partial charge is 0.135 e. The first-order valence-corrected chi connectivity index (χ1v) is 7.57. The van der Waals surface area contributed by atoms with Crippen molar-refractivity contribution in [1.29, 1.82) is 0 Å². The van der Waals surface area contributed by atoms with E-state index in [0.717, 1.165) is 5.92 Å². The molecule has 0 saturated heterocycles. The molecule has 1 heterocycles. The Labute approximate surface area is 132 Å². The Bertz CT molecular complexity index is 518. The van der Waals surface area contributed by atoms with Crippen LogP contribution in [0.4, 0.5) is 0 Å². The van der Waals surface area contributed by atoms with E-state index in [1.54, 1.807) is 23.3 Å². The van der Waals surface area contributed by atoms with Gasteiger partial charge < -0.3 is 9.67 Å². The highest BCUT2D eigenvalue weighted by Gasteiger charge is 2.15. The fourth-order valence-electron chi connectivity index (χ4n) is 3.12. The van der Waals surface area contributed by atoms with Crippen molar-refractivity contribution in [3.05, 3.63) is 54.1 Å². The molecule has 1 aliphatic carbocycles. The van der Waals surface area contributed by atoms with E-state index in [0.29, 0.717) is 6.42 Å². The van der Waals surface area contributed by atoms with Gasteiger partial charge in [-0.3, -0.25) is 0 Å². The zero-order chi connectivity index (χ0) is 13.8. The molecule has 114 valence electrons. The maximum Gasteiger partial charge on any atom is 0.135 e. The van der Waals surface area contributed by atoms with Gasteiger partial charge in [0.25, 0.3) is 0 Å². The van der Waals surface area contributed by atoms with E-state index >= 15 is 0 Å². The van der Waals surface area contributed by atoms with Crippen LogP contribution in [0.25, 0.3) is 0 Å². The highest BCUT2D eigenvalue weighted by Crippen LogP contribution is 2.32. The molecule has 3 rings (SSSR count). The summed E-state index contributed by atoms with van der Waals surface area (Å²) in [5.41, 5.74) is 2.64. The summed E-state index contributed by atoms with van der Waals surface area (Å²) in [6.45, 7) is 0. The second-order valence-electron chi connectivity index (χ2n) is 5.77. The second-order valence-corrected chi connectivity index (χ2v) is 5.77. The summed E-state index contributed by atoms with van der Waals surface area (Å²) in [5, 5.41) is 10.1. The molecule has 1 unspecified atom stereocenters. The van der Waals surface area contributed by atoms with E-state index in [9.17, 15) is 5.11 Å². The first kappa shape index (κ1) is 16.1. The van der Waals surface area contributed by atoms with Crippen molar-refractivity contribution < 1.29 is 5.11 Å². The number of rotatable bonds is 4. The van der Waals surface area contributed by atoms with Crippen LogP contribution in [-0.2, 0) is 6.42 Å². The van der Waals surface area contributed by atoms with Crippen molar-refractivity contribution >= 4 is 12.4 Å². The molecule has 21 heavy (non-hydrogen) atoms. The Kier molecular flexibility index (Phi) is 5.83. The van der Waals surface area contributed by atoms with Crippen molar-refractivity contribution in [3.8, 4) is 0 Å². The molecular formula is C17H23ClN2O. The predicted molar refractivity (Wildman–Crippen MR) is 86.7 cm³/mol. The Hall–Kier alpha value is -1.32. The molecule has 3 nitrogen and oxygen atoms in total. The quantitative estimate of drug-likeness (QED) is 0.924. The lowest BCUT2D eigenvalue weighted by molar-refractivity contribution is 0.104. The minimum Gasteiger partial charge on any atom is -0.373 e. The molecule has 0 spiro atoms. The van der Waals surface area contributed by atoms with Crippen LogP contribution in [-0.4, -0.2) is 14.7 Å². The number of hydrogen-bond donors (Lipinski definition) is 1. The van der Waals surface area contributed by atoms with Crippen molar-refractivity contribution in [2.24, 2.45) is 0 Å². The van der Waals surface area contributed by atoms with Crippen LogP contribution in [0.15, 0.2) is 43.0 Å². The Morgan fingerprint density at radius 1 is 1.14 bits per heavy atom. The fourth-order valence-corrected chi connectivity index (χ4v) is 3.12. The lowest BCUT2D eigenvalue weighted by atomic mass is 9.84. The van der Waals surface area contributed by atoms with Gasteiger partial charge in [0, 0.05) is 18.8 Å². The van der Waals surface area contributed by atoms with Crippen LogP contribution in [0.3, 0.4) is 0 Å². The van der Waals surface area contributed by atoms with E-state index in [4.69, 9.17) is 0 Å². The number of nitrogens with zero attached hydrogens (tertiary/aromatic N) is 2. The lowest BCUT2D eigenvalue weighted by Gasteiger charge is -2.22. The first-order valence-electron chi connectivity index (χ1n) is 7.57. The van der Waals surface area contributed by atoms with Crippen LogP contribution < -0.4 is 0 Å². The SMILES string of the molecule is Cl.OC(Cc1ccc(C2CCCCC2)cc1)n1ccnc1. The summed E-state index contributed by atoms with van der Waals surface area (Å²) in [5.74, 6) is 0.747. The maximum absolute atomic E-state index is 10.1. The van der Waals surface area contributed by atoms with Crippen molar-refractivity contribution in [1.82, 2.24) is 9.55 Å². The number of aliphatic hydroxyl groups is 1. The molecule has 1 N–H and O–H groups in total. The molecule has 0 bridgehead atoms. The van der Waals surface area contributed by atoms with Gasteiger partial charge in [0.1, 0.15) is 6.23 Å². The van der Waals surface area contributed by atoms with Gasteiger partial charge in [0.2, 0.25) is 0 Å². The third kappa shape index (κ3) is 4.08. The van der Waals surface area contributed by atoms with Crippen LogP contribution in [0.1, 0.15) is 55.4 Å². The number of aromatic nitrogens is 2. The van der Waals surface area contributed by atoms with E-state index in [1.807, 2.05) is 0 Å². The largest absolute Gasteiger partial charge is 0.373 e. The van der Waals surface area contributed by atoms with E-state index in [2.05, 4.69) is 29.2 Å². The zero-order valence-corrected chi connectivity index (χ0v) is 13.0. The molecule has 2 aromatic rings. The molecule has 0 amide bonds. The highest BCUT2D eigenvalue weighted by atomic mass is 35.5. The van der Waals surface area contributed by atoms with Gasteiger partial charge in [-0.15, -0.1) is 12.4 Å². The van der Waals surface area contributed by atoms with Crippen molar-refractivity contribution in [2.75, 3.05) is 0 Å². The third-order valence-electron chi connectivity index (χ3n) is 4.34. The number of aliphatic hydroxyl groups excluding tert-OH is 1. The molecule has 0 radical (unpaired) electrons. The van der Waals surface area contributed by atoms with E-state index in [1.165, 1.54) is 43.2 Å². The van der Waals surface area contributed by atoms with Crippen molar-refractivity contribution in [3.63, 3.8) is 0 Å². The standard InChI is InChI=1S/C17H22N2O.ClH/c20-17(19-11-10-18-13-19)12-14-6-8-16(9-7-14)15-4-2-1-3-5-15;/h6-11,13,15,17,20H,1-5,12H2;1H. The third-order valence-corrected chi connectivity index (χ3v) is 4.34. The Morgan fingerprint density at radius 2 is 1.86 bits per heavy atom. The van der Waals surface area contributed by atoms with Gasteiger partial charge in [-0.1, -0.05) is 43.5 Å². The maximum atomic E-state index is 10.1. The topological polar surface area (TPSA) is 38.0 Å². The van der Waals surface area contributed by atoms with Crippen LogP contribution in [0.5, 0.6) is 0 Å². The summed E-state index contributed by atoms with van der Waals surface area (Å²) in [6, 6.07) is 8.80. The molecule has 1 fully saturated rings. The first-order chi connectivity index (χ1) is 9.83. The van der Waals surface area contributed by atoms with Gasteiger partial charge >= 0.3 is 0 Å². The number of hydrogen-bond acceptors (Lipinski definition) is 2. The second kappa shape index (κ2) is 7.62. The lowest BCUT2D eigenvalue weighted by Crippen LogP contribution is -2.09. The van der Waals surface area contributed by atoms with Gasteiger partial charge in [0.15, 0.2) is 0 Å². The zero-order valence-electron chi connectivity index (χ0n) is 12.2. The molecule has 4 heteroatoms. The Morgan fingerprint density at radius 3 is 2.48 bits per heavy atom. The van der Waals surface area contributed by atoms with E-state index in [-0.39, 0.29) is 12.4 Å². The molecule has 1 aliphatic rings. The van der Waals surface area contributed by atoms with Gasteiger partial charge in [0.05, 0.1) is 6.33 Å². The normalized spacial score (nSPS) is 17.2. The average Bonchev–Trinajstić information content (AvgIpc) is 3.03. The van der Waals surface area contributed by atoms with Gasteiger partial charge in [-0.05, 0) is 29.9 Å². The highest BCUT2D eigenvalue weighted by molar-refractivity contribution is 5.85. The van der Waals surface area contributed by atoms with Crippen LogP contribution in [0.2, 0.25) is 0 Å². The van der Waals surface area contributed by atoms with E-state index < -0.39 is 6.23 Å². The minimum atomic E-state index is -0.530. The molecule has 1 aromatic carbocycles. The Balaban J connectivity index is 0.00000161. The van der Waals surface area contributed by atoms with Gasteiger partial charge in [-0.2, -0.15) is 0 Å². The number of benzene rings is 1.